The number of carbonyl (C=O) groups excluding carboxylic acids is 2. The number of rotatable bonds is 6. The average molecular weight is 387 g/mol. The smallest absolute Gasteiger partial charge is 0.256 e. The molecule has 1 saturated heterocycles. The lowest BCUT2D eigenvalue weighted by atomic mass is 9.99. The Kier molecular flexibility index (Phi) is 5.50. The minimum atomic E-state index is -0.113. The van der Waals surface area contributed by atoms with Gasteiger partial charge in [-0.05, 0) is 25.3 Å². The second-order valence-corrected chi connectivity index (χ2v) is 7.89. The highest BCUT2D eigenvalue weighted by atomic mass is 16.5. The number of amides is 2. The van der Waals surface area contributed by atoms with Gasteiger partial charge >= 0.3 is 0 Å². The van der Waals surface area contributed by atoms with Crippen LogP contribution in [0.4, 0.5) is 0 Å². The lowest BCUT2D eigenvalue weighted by molar-refractivity contribution is -0.125. The highest BCUT2D eigenvalue weighted by Gasteiger charge is 2.36. The molecular weight excluding hydrogens is 358 g/mol. The molecule has 8 heteroatoms. The SMILES string of the molecule is CCC1NNCC1C(=O)NCc1cc2c(nc1OC)CN(C1CCCC1)C2=O. The summed E-state index contributed by atoms with van der Waals surface area (Å²) in [6, 6.07) is 2.30. The average Bonchev–Trinajstić information content (AvgIpc) is 3.45. The van der Waals surface area contributed by atoms with E-state index in [9.17, 15) is 9.59 Å². The Balaban J connectivity index is 1.48. The first kappa shape index (κ1) is 19.1. The molecule has 3 heterocycles. The maximum absolute atomic E-state index is 12.9. The number of aromatic nitrogens is 1. The van der Waals surface area contributed by atoms with Crippen LogP contribution < -0.4 is 20.9 Å². The van der Waals surface area contributed by atoms with Crippen LogP contribution in [0.5, 0.6) is 5.88 Å². The first-order valence-corrected chi connectivity index (χ1v) is 10.3. The highest BCUT2D eigenvalue weighted by molar-refractivity contribution is 5.98. The third-order valence-electron chi connectivity index (χ3n) is 6.24. The summed E-state index contributed by atoms with van der Waals surface area (Å²) in [5.74, 6) is 0.415. The quantitative estimate of drug-likeness (QED) is 0.677. The molecule has 28 heavy (non-hydrogen) atoms. The van der Waals surface area contributed by atoms with E-state index in [0.29, 0.717) is 37.1 Å². The molecule has 8 nitrogen and oxygen atoms in total. The van der Waals surface area contributed by atoms with Crippen LogP contribution in [0.15, 0.2) is 6.07 Å². The van der Waals surface area contributed by atoms with Gasteiger partial charge in [-0.2, -0.15) is 0 Å². The molecule has 0 bridgehead atoms. The lowest BCUT2D eigenvalue weighted by Crippen LogP contribution is -2.38. The number of methoxy groups -OCH3 is 1. The molecule has 2 unspecified atom stereocenters. The van der Waals surface area contributed by atoms with E-state index in [-0.39, 0.29) is 23.8 Å². The van der Waals surface area contributed by atoms with E-state index in [1.165, 1.54) is 12.8 Å². The number of hydrogen-bond acceptors (Lipinski definition) is 6. The summed E-state index contributed by atoms with van der Waals surface area (Å²) in [5.41, 5.74) is 8.34. The molecule has 3 N–H and O–H groups in total. The van der Waals surface area contributed by atoms with Crippen molar-refractivity contribution in [2.75, 3.05) is 13.7 Å². The summed E-state index contributed by atoms with van der Waals surface area (Å²) in [6.07, 6.45) is 5.38. The van der Waals surface area contributed by atoms with Gasteiger partial charge in [0.05, 0.1) is 30.8 Å². The van der Waals surface area contributed by atoms with Crippen LogP contribution in [0, 0.1) is 5.92 Å². The van der Waals surface area contributed by atoms with E-state index < -0.39 is 0 Å². The third-order valence-corrected chi connectivity index (χ3v) is 6.24. The van der Waals surface area contributed by atoms with E-state index in [1.807, 2.05) is 11.0 Å². The fraction of sp³-hybridized carbons (Fsp3) is 0.650. The minimum absolute atomic E-state index is 0.00851. The molecule has 1 aromatic heterocycles. The predicted molar refractivity (Wildman–Crippen MR) is 103 cm³/mol. The predicted octanol–water partition coefficient (Wildman–Crippen LogP) is 1.11. The maximum atomic E-state index is 12.9. The lowest BCUT2D eigenvalue weighted by Gasteiger charge is -2.22. The number of nitrogens with zero attached hydrogens (tertiary/aromatic N) is 2. The second kappa shape index (κ2) is 8.05. The van der Waals surface area contributed by atoms with Gasteiger partial charge in [-0.3, -0.25) is 20.4 Å². The van der Waals surface area contributed by atoms with Crippen molar-refractivity contribution in [2.24, 2.45) is 5.92 Å². The molecule has 1 saturated carbocycles. The van der Waals surface area contributed by atoms with Crippen molar-refractivity contribution < 1.29 is 14.3 Å². The van der Waals surface area contributed by atoms with Crippen LogP contribution >= 0.6 is 0 Å². The number of pyridine rings is 1. The number of nitrogens with one attached hydrogen (secondary N) is 3. The number of ether oxygens (including phenoxy) is 1. The Hall–Kier alpha value is -2.19. The highest BCUT2D eigenvalue weighted by Crippen LogP contribution is 2.33. The Bertz CT molecular complexity index is 762. The topological polar surface area (TPSA) is 95.6 Å². The van der Waals surface area contributed by atoms with Gasteiger partial charge in [0.1, 0.15) is 0 Å². The zero-order chi connectivity index (χ0) is 19.7. The standard InChI is InChI=1S/C20H29N5O3/c1-3-16-15(10-22-24-16)18(26)21-9-12-8-14-17(23-19(12)28-2)11-25(20(14)27)13-6-4-5-7-13/h8,13,15-16,22,24H,3-7,9-11H2,1-2H3,(H,21,26). The van der Waals surface area contributed by atoms with Crippen molar-refractivity contribution in [2.45, 2.75) is 64.2 Å². The zero-order valence-electron chi connectivity index (χ0n) is 16.6. The second-order valence-electron chi connectivity index (χ2n) is 7.89. The summed E-state index contributed by atoms with van der Waals surface area (Å²) >= 11 is 0. The Labute approximate surface area is 165 Å². The molecule has 0 spiro atoms. The van der Waals surface area contributed by atoms with Gasteiger partial charge in [0, 0.05) is 30.7 Å². The summed E-state index contributed by atoms with van der Waals surface area (Å²) in [4.78, 5) is 32.0. The van der Waals surface area contributed by atoms with Gasteiger partial charge < -0.3 is 15.0 Å². The summed E-state index contributed by atoms with van der Waals surface area (Å²) in [6.45, 7) is 3.52. The normalized spacial score (nSPS) is 24.6. The van der Waals surface area contributed by atoms with Crippen LogP contribution in [0.1, 0.15) is 60.6 Å². The van der Waals surface area contributed by atoms with Crippen molar-refractivity contribution >= 4 is 11.8 Å². The van der Waals surface area contributed by atoms with Crippen LogP contribution in [-0.2, 0) is 17.9 Å². The minimum Gasteiger partial charge on any atom is -0.481 e. The molecule has 152 valence electrons. The first-order chi connectivity index (χ1) is 13.6. The van der Waals surface area contributed by atoms with Crippen LogP contribution in [0.25, 0.3) is 0 Å². The van der Waals surface area contributed by atoms with Gasteiger partial charge in [-0.1, -0.05) is 19.8 Å². The van der Waals surface area contributed by atoms with E-state index in [2.05, 4.69) is 28.1 Å². The fourth-order valence-electron chi connectivity index (χ4n) is 4.60. The molecule has 2 atom stereocenters. The van der Waals surface area contributed by atoms with Gasteiger partial charge in [0.2, 0.25) is 11.8 Å². The van der Waals surface area contributed by atoms with Crippen molar-refractivity contribution in [1.82, 2.24) is 26.1 Å². The summed E-state index contributed by atoms with van der Waals surface area (Å²) in [5, 5.41) is 2.99. The van der Waals surface area contributed by atoms with E-state index >= 15 is 0 Å². The van der Waals surface area contributed by atoms with E-state index in [1.54, 1.807) is 7.11 Å². The third kappa shape index (κ3) is 3.46. The van der Waals surface area contributed by atoms with Crippen molar-refractivity contribution in [3.05, 3.63) is 22.9 Å². The van der Waals surface area contributed by atoms with Crippen LogP contribution in [0.3, 0.4) is 0 Å². The molecule has 2 aliphatic heterocycles. The van der Waals surface area contributed by atoms with Gasteiger partial charge in [-0.15, -0.1) is 0 Å². The van der Waals surface area contributed by atoms with Crippen LogP contribution in [0.2, 0.25) is 0 Å². The number of fused-ring (bicyclic) bond motifs is 1. The van der Waals surface area contributed by atoms with E-state index in [0.717, 1.165) is 30.5 Å². The molecule has 0 aromatic carbocycles. The molecule has 0 radical (unpaired) electrons. The summed E-state index contributed by atoms with van der Waals surface area (Å²) < 4.78 is 5.45. The van der Waals surface area contributed by atoms with Gasteiger partial charge in [-0.25, -0.2) is 4.98 Å². The van der Waals surface area contributed by atoms with Crippen molar-refractivity contribution in [3.8, 4) is 5.88 Å². The van der Waals surface area contributed by atoms with Gasteiger partial charge in [0.15, 0.2) is 0 Å². The molecule has 2 amide bonds. The van der Waals surface area contributed by atoms with Crippen molar-refractivity contribution in [1.29, 1.82) is 0 Å². The first-order valence-electron chi connectivity index (χ1n) is 10.3. The molecule has 4 rings (SSSR count). The van der Waals surface area contributed by atoms with Crippen molar-refractivity contribution in [3.63, 3.8) is 0 Å². The molecular formula is C20H29N5O3. The number of hydrazine groups is 1. The molecule has 1 aliphatic carbocycles. The zero-order valence-corrected chi connectivity index (χ0v) is 16.6. The maximum Gasteiger partial charge on any atom is 0.256 e. The Morgan fingerprint density at radius 1 is 1.39 bits per heavy atom. The number of carbonyl (C=O) groups is 2. The fourth-order valence-corrected chi connectivity index (χ4v) is 4.60. The van der Waals surface area contributed by atoms with E-state index in [4.69, 9.17) is 4.74 Å². The largest absolute Gasteiger partial charge is 0.481 e. The summed E-state index contributed by atoms with van der Waals surface area (Å²) in [7, 11) is 1.57. The Morgan fingerprint density at radius 3 is 2.89 bits per heavy atom. The molecule has 2 fully saturated rings. The van der Waals surface area contributed by atoms with Gasteiger partial charge in [0.25, 0.3) is 5.91 Å². The van der Waals surface area contributed by atoms with Crippen LogP contribution in [-0.4, -0.2) is 47.4 Å². The molecule has 3 aliphatic rings. The number of hydrogen-bond donors (Lipinski definition) is 3. The monoisotopic (exact) mass is 387 g/mol. The molecule has 1 aromatic rings. The Morgan fingerprint density at radius 2 is 2.18 bits per heavy atom.